The molecule has 1 aliphatic heterocycles. The second kappa shape index (κ2) is 7.04. The van der Waals surface area contributed by atoms with Crippen LogP contribution in [0.4, 0.5) is 8.78 Å². The summed E-state index contributed by atoms with van der Waals surface area (Å²) < 4.78 is 30.3. The number of halogens is 2. The van der Waals surface area contributed by atoms with E-state index in [2.05, 4.69) is 28.5 Å². The largest absolute Gasteiger partial charge is 0.350 e. The number of rotatable bonds is 3. The first-order valence-corrected chi connectivity index (χ1v) is 9.02. The Kier molecular flexibility index (Phi) is 4.60. The Morgan fingerprint density at radius 1 is 1.00 bits per heavy atom. The number of hydrogen-bond acceptors (Lipinski definition) is 1. The number of hydrogen-bond donors (Lipinski definition) is 0. The van der Waals surface area contributed by atoms with Gasteiger partial charge in [0.25, 0.3) is 0 Å². The van der Waals surface area contributed by atoms with Gasteiger partial charge in [-0.15, -0.1) is 0 Å². The maximum absolute atomic E-state index is 14.7. The van der Waals surface area contributed by atoms with Crippen molar-refractivity contribution in [3.8, 4) is 0 Å². The van der Waals surface area contributed by atoms with E-state index >= 15 is 0 Å². The third kappa shape index (κ3) is 3.17. The maximum Gasteiger partial charge on any atom is 0.131 e. The fourth-order valence-corrected chi connectivity index (χ4v) is 3.90. The van der Waals surface area contributed by atoms with Gasteiger partial charge < -0.3 is 4.57 Å². The van der Waals surface area contributed by atoms with E-state index < -0.39 is 11.6 Å². The zero-order valence-electron chi connectivity index (χ0n) is 14.8. The molecule has 0 spiro atoms. The normalized spacial score (nSPS) is 17.7. The standard InChI is InChI=1S/C22H22F2N2/c1-16-6-2-3-7-17(16)15-26-13-5-12-25-11-4-8-21(25)22(26)19-10-9-18(23)14-20(19)24/h2-4,6-11,14,22H,5,12-13,15H2,1H3/t22-/m0/s1. The number of benzene rings is 2. The summed E-state index contributed by atoms with van der Waals surface area (Å²) in [5.41, 5.74) is 4.05. The second-order valence-corrected chi connectivity index (χ2v) is 6.95. The van der Waals surface area contributed by atoms with Gasteiger partial charge >= 0.3 is 0 Å². The Balaban J connectivity index is 1.79. The summed E-state index contributed by atoms with van der Waals surface area (Å²) in [6.07, 6.45) is 3.04. The Morgan fingerprint density at radius 2 is 1.85 bits per heavy atom. The van der Waals surface area contributed by atoms with Crippen molar-refractivity contribution in [2.24, 2.45) is 0 Å². The summed E-state index contributed by atoms with van der Waals surface area (Å²) in [6, 6.07) is 16.0. The third-order valence-corrected chi connectivity index (χ3v) is 5.25. The fourth-order valence-electron chi connectivity index (χ4n) is 3.90. The molecule has 2 aromatic carbocycles. The molecule has 0 saturated heterocycles. The Labute approximate surface area is 152 Å². The predicted octanol–water partition coefficient (Wildman–Crippen LogP) is 5.07. The van der Waals surface area contributed by atoms with Crippen molar-refractivity contribution in [2.75, 3.05) is 6.54 Å². The molecule has 0 amide bonds. The lowest BCUT2D eigenvalue weighted by Crippen LogP contribution is -2.30. The van der Waals surface area contributed by atoms with Crippen molar-refractivity contribution < 1.29 is 8.78 Å². The van der Waals surface area contributed by atoms with Crippen LogP contribution in [-0.4, -0.2) is 16.0 Å². The second-order valence-electron chi connectivity index (χ2n) is 6.95. The predicted molar refractivity (Wildman–Crippen MR) is 98.8 cm³/mol. The van der Waals surface area contributed by atoms with Gasteiger partial charge in [-0.3, -0.25) is 4.90 Å². The molecule has 0 radical (unpaired) electrons. The number of aryl methyl sites for hydroxylation is 2. The van der Waals surface area contributed by atoms with E-state index in [-0.39, 0.29) is 6.04 Å². The molecule has 2 heterocycles. The van der Waals surface area contributed by atoms with Gasteiger partial charge in [0.05, 0.1) is 6.04 Å². The van der Waals surface area contributed by atoms with E-state index in [0.29, 0.717) is 5.56 Å². The maximum atomic E-state index is 14.7. The van der Waals surface area contributed by atoms with Crippen LogP contribution in [0.15, 0.2) is 60.8 Å². The third-order valence-electron chi connectivity index (χ3n) is 5.25. The van der Waals surface area contributed by atoms with Gasteiger partial charge in [-0.1, -0.05) is 30.3 Å². The van der Waals surface area contributed by atoms with Crippen molar-refractivity contribution in [1.29, 1.82) is 0 Å². The number of fused-ring (bicyclic) bond motifs is 1. The van der Waals surface area contributed by atoms with Gasteiger partial charge in [0.15, 0.2) is 0 Å². The van der Waals surface area contributed by atoms with E-state index in [0.717, 1.165) is 37.8 Å². The van der Waals surface area contributed by atoms with Crippen molar-refractivity contribution in [1.82, 2.24) is 9.47 Å². The zero-order chi connectivity index (χ0) is 18.1. The van der Waals surface area contributed by atoms with Crippen LogP contribution >= 0.6 is 0 Å². The van der Waals surface area contributed by atoms with E-state index in [9.17, 15) is 8.78 Å². The lowest BCUT2D eigenvalue weighted by molar-refractivity contribution is 0.216. The van der Waals surface area contributed by atoms with Crippen LogP contribution in [-0.2, 0) is 13.1 Å². The van der Waals surface area contributed by atoms with Gasteiger partial charge in [0.1, 0.15) is 11.6 Å². The summed E-state index contributed by atoms with van der Waals surface area (Å²) in [7, 11) is 0. The van der Waals surface area contributed by atoms with E-state index in [1.165, 1.54) is 17.2 Å². The van der Waals surface area contributed by atoms with Gasteiger partial charge in [-0.05, 0) is 42.7 Å². The van der Waals surface area contributed by atoms with Crippen LogP contribution in [0.25, 0.3) is 0 Å². The van der Waals surface area contributed by atoms with E-state index in [1.54, 1.807) is 6.07 Å². The van der Waals surface area contributed by atoms with Gasteiger partial charge in [0, 0.05) is 43.2 Å². The topological polar surface area (TPSA) is 8.17 Å². The highest BCUT2D eigenvalue weighted by Crippen LogP contribution is 2.34. The Morgan fingerprint density at radius 3 is 2.65 bits per heavy atom. The minimum atomic E-state index is -0.541. The molecule has 0 saturated carbocycles. The summed E-state index contributed by atoms with van der Waals surface area (Å²) in [4.78, 5) is 2.30. The summed E-state index contributed by atoms with van der Waals surface area (Å²) >= 11 is 0. The smallest absolute Gasteiger partial charge is 0.131 e. The molecule has 1 aromatic heterocycles. The average molecular weight is 352 g/mol. The van der Waals surface area contributed by atoms with Crippen molar-refractivity contribution in [2.45, 2.75) is 32.5 Å². The summed E-state index contributed by atoms with van der Waals surface area (Å²) in [6.45, 7) is 4.60. The van der Waals surface area contributed by atoms with E-state index in [4.69, 9.17) is 0 Å². The van der Waals surface area contributed by atoms with Gasteiger partial charge in [-0.25, -0.2) is 8.78 Å². The number of nitrogens with zero attached hydrogens (tertiary/aromatic N) is 2. The van der Waals surface area contributed by atoms with Crippen LogP contribution in [0.2, 0.25) is 0 Å². The Hall–Kier alpha value is -2.46. The van der Waals surface area contributed by atoms with Crippen LogP contribution in [0.1, 0.15) is 34.8 Å². The molecule has 1 atom stereocenters. The molecule has 0 unspecified atom stereocenters. The first-order chi connectivity index (χ1) is 12.6. The highest BCUT2D eigenvalue weighted by atomic mass is 19.1. The molecule has 3 aromatic rings. The molecule has 134 valence electrons. The molecule has 2 nitrogen and oxygen atoms in total. The molecule has 1 aliphatic rings. The lowest BCUT2D eigenvalue weighted by Gasteiger charge is -2.31. The Bertz CT molecular complexity index is 916. The highest BCUT2D eigenvalue weighted by molar-refractivity contribution is 5.32. The molecule has 0 bridgehead atoms. The van der Waals surface area contributed by atoms with E-state index in [1.807, 2.05) is 30.5 Å². The van der Waals surface area contributed by atoms with Gasteiger partial charge in [-0.2, -0.15) is 0 Å². The van der Waals surface area contributed by atoms with Gasteiger partial charge in [0.2, 0.25) is 0 Å². The molecule has 26 heavy (non-hydrogen) atoms. The van der Waals surface area contributed by atoms with Crippen LogP contribution in [0, 0.1) is 18.6 Å². The summed E-state index contributed by atoms with van der Waals surface area (Å²) in [5, 5.41) is 0. The molecule has 0 fully saturated rings. The van der Waals surface area contributed by atoms with Crippen molar-refractivity contribution in [3.05, 3.63) is 94.8 Å². The van der Waals surface area contributed by atoms with Crippen LogP contribution in [0.5, 0.6) is 0 Å². The summed E-state index contributed by atoms with van der Waals surface area (Å²) in [5.74, 6) is -1.03. The van der Waals surface area contributed by atoms with Crippen LogP contribution < -0.4 is 0 Å². The molecule has 4 rings (SSSR count). The molecular formula is C22H22F2N2. The number of aromatic nitrogens is 1. The highest BCUT2D eigenvalue weighted by Gasteiger charge is 2.29. The molecule has 0 aliphatic carbocycles. The molecule has 4 heteroatoms. The quantitative estimate of drug-likeness (QED) is 0.639. The molecule has 0 N–H and O–H groups in total. The first kappa shape index (κ1) is 17.0. The monoisotopic (exact) mass is 352 g/mol. The van der Waals surface area contributed by atoms with Crippen molar-refractivity contribution in [3.63, 3.8) is 0 Å². The average Bonchev–Trinajstić information content (AvgIpc) is 3.00. The fraction of sp³-hybridized carbons (Fsp3) is 0.273. The van der Waals surface area contributed by atoms with Crippen molar-refractivity contribution >= 4 is 0 Å². The SMILES string of the molecule is Cc1ccccc1CN1CCCn2cccc2[C@@H]1c1ccc(F)cc1F. The lowest BCUT2D eigenvalue weighted by atomic mass is 9.99. The minimum absolute atomic E-state index is 0.229. The zero-order valence-corrected chi connectivity index (χ0v) is 14.8. The minimum Gasteiger partial charge on any atom is -0.350 e. The first-order valence-electron chi connectivity index (χ1n) is 9.02. The molecular weight excluding hydrogens is 330 g/mol. The van der Waals surface area contributed by atoms with Crippen LogP contribution in [0.3, 0.4) is 0 Å².